The Morgan fingerprint density at radius 1 is 0.872 bits per heavy atom. The quantitative estimate of drug-likeness (QED) is 0.144. The average Bonchev–Trinajstić information content (AvgIpc) is 3.07. The first kappa shape index (κ1) is 35.7. The molecule has 0 aliphatic heterocycles. The molecule has 47 heavy (non-hydrogen) atoms. The Hall–Kier alpha value is -4.15. The van der Waals surface area contributed by atoms with E-state index in [4.69, 9.17) is 4.74 Å². The van der Waals surface area contributed by atoms with Crippen molar-refractivity contribution in [2.75, 3.05) is 17.5 Å². The van der Waals surface area contributed by atoms with Gasteiger partial charge in [-0.25, -0.2) is 8.42 Å². The molecule has 0 unspecified atom stereocenters. The molecule has 248 valence electrons. The molecule has 2 atom stereocenters. The highest BCUT2D eigenvalue weighted by atomic mass is 79.9. The Morgan fingerprint density at radius 2 is 1.51 bits per heavy atom. The normalized spacial score (nSPS) is 12.5. The van der Waals surface area contributed by atoms with Crippen LogP contribution in [-0.2, 0) is 32.6 Å². The highest BCUT2D eigenvalue weighted by Gasteiger charge is 2.35. The summed E-state index contributed by atoms with van der Waals surface area (Å²) in [6, 6.07) is 29.1. The second kappa shape index (κ2) is 16.6. The molecule has 10 heteroatoms. The largest absolute Gasteiger partial charge is 0.494 e. The molecule has 0 saturated carbocycles. The minimum Gasteiger partial charge on any atom is -0.494 e. The summed E-state index contributed by atoms with van der Waals surface area (Å²) in [6.07, 6.45) is 0.968. The van der Waals surface area contributed by atoms with Crippen LogP contribution < -0.4 is 14.4 Å². The molecular weight excluding hydrogens is 678 g/mol. The van der Waals surface area contributed by atoms with Gasteiger partial charge in [0.25, 0.3) is 10.0 Å². The maximum atomic E-state index is 14.6. The van der Waals surface area contributed by atoms with Crippen molar-refractivity contribution in [3.8, 4) is 5.75 Å². The number of nitrogens with one attached hydrogen (secondary N) is 1. The molecule has 0 aliphatic rings. The number of benzene rings is 4. The van der Waals surface area contributed by atoms with Crippen LogP contribution in [0.25, 0.3) is 0 Å². The van der Waals surface area contributed by atoms with Gasteiger partial charge < -0.3 is 15.0 Å². The van der Waals surface area contributed by atoms with E-state index < -0.39 is 28.5 Å². The number of halogens is 1. The molecule has 4 aromatic rings. The van der Waals surface area contributed by atoms with Crippen LogP contribution in [0.4, 0.5) is 5.69 Å². The lowest BCUT2D eigenvalue weighted by atomic mass is 10.0. The maximum Gasteiger partial charge on any atom is 0.264 e. The Balaban J connectivity index is 1.81. The van der Waals surface area contributed by atoms with E-state index in [1.807, 2.05) is 82.3 Å². The van der Waals surface area contributed by atoms with Gasteiger partial charge >= 0.3 is 0 Å². The maximum absolute atomic E-state index is 14.6. The second-order valence-corrected chi connectivity index (χ2v) is 14.1. The number of aryl methyl sites for hydroxylation is 1. The van der Waals surface area contributed by atoms with E-state index in [9.17, 15) is 18.0 Å². The van der Waals surface area contributed by atoms with Gasteiger partial charge in [0.1, 0.15) is 18.3 Å². The fourth-order valence-corrected chi connectivity index (χ4v) is 6.78. The molecule has 4 rings (SSSR count). The Bertz CT molecular complexity index is 1730. The van der Waals surface area contributed by atoms with Crippen LogP contribution in [0.15, 0.2) is 112 Å². The van der Waals surface area contributed by atoms with Crippen LogP contribution in [0.2, 0.25) is 0 Å². The zero-order valence-corrected chi connectivity index (χ0v) is 29.6. The monoisotopic (exact) mass is 719 g/mol. The van der Waals surface area contributed by atoms with Crippen molar-refractivity contribution in [2.45, 2.75) is 64.1 Å². The molecule has 1 N–H and O–H groups in total. The van der Waals surface area contributed by atoms with Crippen molar-refractivity contribution < 1.29 is 22.7 Å². The summed E-state index contributed by atoms with van der Waals surface area (Å²) >= 11 is 3.37. The smallest absolute Gasteiger partial charge is 0.264 e. The van der Waals surface area contributed by atoms with Crippen molar-refractivity contribution in [1.29, 1.82) is 0 Å². The van der Waals surface area contributed by atoms with Gasteiger partial charge in [0.15, 0.2) is 0 Å². The van der Waals surface area contributed by atoms with Crippen LogP contribution in [0, 0.1) is 6.92 Å². The molecule has 0 heterocycles. The Kier molecular flexibility index (Phi) is 12.6. The van der Waals surface area contributed by atoms with E-state index in [0.29, 0.717) is 24.5 Å². The second-order valence-electron chi connectivity index (χ2n) is 11.4. The molecule has 0 radical (unpaired) electrons. The summed E-state index contributed by atoms with van der Waals surface area (Å²) < 4.78 is 35.9. The first-order valence-electron chi connectivity index (χ1n) is 15.7. The topological polar surface area (TPSA) is 96.0 Å². The number of hydrogen-bond acceptors (Lipinski definition) is 5. The molecule has 0 saturated heterocycles. The number of sulfonamides is 1. The number of anilines is 1. The molecular formula is C37H42BrN3O5S. The third kappa shape index (κ3) is 9.45. The summed E-state index contributed by atoms with van der Waals surface area (Å²) in [5, 5.41) is 3.07. The van der Waals surface area contributed by atoms with Gasteiger partial charge in [-0.05, 0) is 92.4 Å². The third-order valence-corrected chi connectivity index (χ3v) is 10.3. The Morgan fingerprint density at radius 3 is 2.13 bits per heavy atom. The van der Waals surface area contributed by atoms with Crippen LogP contribution >= 0.6 is 15.9 Å². The number of amides is 2. The zero-order chi connectivity index (χ0) is 34.0. The summed E-state index contributed by atoms with van der Waals surface area (Å²) in [5.74, 6) is -0.231. The summed E-state index contributed by atoms with van der Waals surface area (Å²) in [4.78, 5) is 30.2. The van der Waals surface area contributed by atoms with E-state index in [1.165, 1.54) is 17.0 Å². The van der Waals surface area contributed by atoms with Gasteiger partial charge in [-0.1, -0.05) is 77.5 Å². The Labute approximate surface area is 286 Å². The van der Waals surface area contributed by atoms with Crippen molar-refractivity contribution in [2.24, 2.45) is 0 Å². The first-order chi connectivity index (χ1) is 22.5. The lowest BCUT2D eigenvalue weighted by Gasteiger charge is -2.34. The van der Waals surface area contributed by atoms with E-state index in [2.05, 4.69) is 21.2 Å². The molecule has 2 amide bonds. The average molecular weight is 721 g/mol. The van der Waals surface area contributed by atoms with Crippen LogP contribution in [-0.4, -0.2) is 50.4 Å². The van der Waals surface area contributed by atoms with Gasteiger partial charge in [-0.2, -0.15) is 0 Å². The predicted molar refractivity (Wildman–Crippen MR) is 190 cm³/mol. The summed E-state index contributed by atoms with van der Waals surface area (Å²) in [5.41, 5.74) is 2.99. The first-order valence-corrected chi connectivity index (χ1v) is 18.0. The molecule has 0 spiro atoms. The fourth-order valence-electron chi connectivity index (χ4n) is 5.10. The number of hydrogen-bond donors (Lipinski definition) is 1. The van der Waals surface area contributed by atoms with Crippen molar-refractivity contribution in [3.63, 3.8) is 0 Å². The summed E-state index contributed by atoms with van der Waals surface area (Å²) in [6.45, 7) is 7.76. The van der Waals surface area contributed by atoms with E-state index >= 15 is 0 Å². The lowest BCUT2D eigenvalue weighted by Crippen LogP contribution is -2.54. The molecule has 0 bridgehead atoms. The highest BCUT2D eigenvalue weighted by molar-refractivity contribution is 9.10. The number of rotatable bonds is 15. The lowest BCUT2D eigenvalue weighted by molar-refractivity contribution is -0.140. The third-order valence-electron chi connectivity index (χ3n) is 7.99. The fraction of sp³-hybridized carbons (Fsp3) is 0.297. The highest BCUT2D eigenvalue weighted by Crippen LogP contribution is 2.28. The van der Waals surface area contributed by atoms with Crippen LogP contribution in [0.3, 0.4) is 0 Å². The summed E-state index contributed by atoms with van der Waals surface area (Å²) in [7, 11) is -4.21. The predicted octanol–water partition coefficient (Wildman–Crippen LogP) is 6.91. The molecule has 8 nitrogen and oxygen atoms in total. The van der Waals surface area contributed by atoms with Gasteiger partial charge in [-0.15, -0.1) is 0 Å². The zero-order valence-electron chi connectivity index (χ0n) is 27.2. The minimum absolute atomic E-state index is 0.0307. The molecule has 0 aliphatic carbocycles. The number of carbonyl (C=O) groups is 2. The van der Waals surface area contributed by atoms with Gasteiger partial charge in [0, 0.05) is 23.5 Å². The van der Waals surface area contributed by atoms with Crippen molar-refractivity contribution in [1.82, 2.24) is 10.2 Å². The van der Waals surface area contributed by atoms with Gasteiger partial charge in [0.2, 0.25) is 11.8 Å². The van der Waals surface area contributed by atoms with E-state index in [0.717, 1.165) is 25.5 Å². The SMILES string of the molecule is CCOc1ccc(N(CC(=O)N(Cc2ccccc2C)[C@H](Cc2ccccc2)C(=O)N[C@@H](C)CC)S(=O)(=O)c2ccc(Br)cc2)cc1. The van der Waals surface area contributed by atoms with Gasteiger partial charge in [-0.3, -0.25) is 13.9 Å². The van der Waals surface area contributed by atoms with E-state index in [1.54, 1.807) is 36.4 Å². The number of carbonyl (C=O) groups excluding carboxylic acids is 2. The van der Waals surface area contributed by atoms with E-state index in [-0.39, 0.29) is 29.8 Å². The number of ether oxygens (including phenoxy) is 1. The van der Waals surface area contributed by atoms with Crippen molar-refractivity contribution >= 4 is 43.5 Å². The molecule has 0 fully saturated rings. The standard InChI is InChI=1S/C37H42BrN3O5S/c1-5-28(4)39-37(43)35(24-29-13-8-7-9-14-29)40(25-30-15-11-10-12-27(30)3)36(42)26-41(32-18-20-33(21-19-32)46-6-2)47(44,45)34-22-16-31(38)17-23-34/h7-23,28,35H,5-6,24-26H2,1-4H3,(H,39,43)/t28-,35+/m0/s1. The molecule has 4 aromatic carbocycles. The van der Waals surface area contributed by atoms with Crippen LogP contribution in [0.5, 0.6) is 5.75 Å². The van der Waals surface area contributed by atoms with Crippen LogP contribution in [0.1, 0.15) is 43.9 Å². The van der Waals surface area contributed by atoms with Crippen molar-refractivity contribution in [3.05, 3.63) is 124 Å². The minimum atomic E-state index is -4.21. The van der Waals surface area contributed by atoms with Gasteiger partial charge in [0.05, 0.1) is 17.2 Å². The molecule has 0 aromatic heterocycles. The number of nitrogens with zero attached hydrogens (tertiary/aromatic N) is 2.